The van der Waals surface area contributed by atoms with E-state index in [4.69, 9.17) is 10.3 Å². The molecule has 1 atom stereocenters. The van der Waals surface area contributed by atoms with E-state index in [2.05, 4.69) is 17.1 Å². The third-order valence-electron chi connectivity index (χ3n) is 2.99. The third-order valence-corrected chi connectivity index (χ3v) is 2.99. The zero-order chi connectivity index (χ0) is 13.2. The second-order valence-electron chi connectivity index (χ2n) is 4.96. The molecule has 96 valence electrons. The highest BCUT2D eigenvalue weighted by Crippen LogP contribution is 2.24. The van der Waals surface area contributed by atoms with Crippen molar-refractivity contribution in [2.75, 3.05) is 0 Å². The van der Waals surface area contributed by atoms with Crippen molar-refractivity contribution in [3.8, 4) is 11.4 Å². The summed E-state index contributed by atoms with van der Waals surface area (Å²) in [6.07, 6.45) is 1.80. The molecule has 2 aromatic rings. The predicted molar refractivity (Wildman–Crippen MR) is 70.9 cm³/mol. The molecule has 1 aromatic heterocycles. The fourth-order valence-corrected chi connectivity index (χ4v) is 1.90. The van der Waals surface area contributed by atoms with Crippen LogP contribution < -0.4 is 5.73 Å². The molecule has 0 aliphatic rings. The van der Waals surface area contributed by atoms with E-state index in [9.17, 15) is 0 Å². The van der Waals surface area contributed by atoms with E-state index in [1.54, 1.807) is 0 Å². The Balaban J connectivity index is 2.28. The van der Waals surface area contributed by atoms with Gasteiger partial charge in [-0.15, -0.1) is 0 Å². The Morgan fingerprint density at radius 3 is 2.56 bits per heavy atom. The number of aromatic nitrogens is 2. The van der Waals surface area contributed by atoms with Crippen LogP contribution in [0.2, 0.25) is 0 Å². The minimum absolute atomic E-state index is 0.500. The molecule has 2 rings (SSSR count). The summed E-state index contributed by atoms with van der Waals surface area (Å²) in [6.45, 7) is 6.05. The highest BCUT2D eigenvalue weighted by molar-refractivity contribution is 5.54. The highest BCUT2D eigenvalue weighted by Gasteiger charge is 2.27. The first-order valence-electron chi connectivity index (χ1n) is 6.23. The summed E-state index contributed by atoms with van der Waals surface area (Å²) in [6, 6.07) is 8.02. The van der Waals surface area contributed by atoms with Crippen LogP contribution in [0, 0.1) is 6.92 Å². The van der Waals surface area contributed by atoms with Crippen molar-refractivity contribution in [3.63, 3.8) is 0 Å². The van der Waals surface area contributed by atoms with Crippen LogP contribution in [-0.4, -0.2) is 10.1 Å². The molecule has 0 aliphatic carbocycles. The lowest BCUT2D eigenvalue weighted by Crippen LogP contribution is -2.33. The second-order valence-corrected chi connectivity index (χ2v) is 4.96. The number of benzene rings is 1. The maximum atomic E-state index is 6.17. The van der Waals surface area contributed by atoms with E-state index < -0.39 is 5.54 Å². The predicted octanol–water partition coefficient (Wildman–Crippen LogP) is 3.02. The molecule has 0 bridgehead atoms. The molecule has 4 nitrogen and oxygen atoms in total. The molecule has 1 heterocycles. The van der Waals surface area contributed by atoms with Crippen LogP contribution >= 0.6 is 0 Å². The van der Waals surface area contributed by atoms with Crippen LogP contribution in [0.15, 0.2) is 28.8 Å². The summed E-state index contributed by atoms with van der Waals surface area (Å²) in [7, 11) is 0. The van der Waals surface area contributed by atoms with Crippen molar-refractivity contribution in [3.05, 3.63) is 35.7 Å². The Bertz CT molecular complexity index is 514. The van der Waals surface area contributed by atoms with Crippen LogP contribution in [0.4, 0.5) is 0 Å². The molecule has 0 saturated carbocycles. The standard InChI is InChI=1S/C14H19N3O/c1-4-9-14(3,15)13-16-12(17-18-13)11-7-5-10(2)6-8-11/h5-8H,4,9,15H2,1-3H3. The average Bonchev–Trinajstić information content (AvgIpc) is 2.80. The zero-order valence-electron chi connectivity index (χ0n) is 11.1. The Kier molecular flexibility index (Phi) is 3.48. The number of nitrogens with two attached hydrogens (primary N) is 1. The van der Waals surface area contributed by atoms with Gasteiger partial charge in [0.2, 0.25) is 11.7 Å². The van der Waals surface area contributed by atoms with E-state index in [-0.39, 0.29) is 0 Å². The van der Waals surface area contributed by atoms with Gasteiger partial charge >= 0.3 is 0 Å². The number of hydrogen-bond acceptors (Lipinski definition) is 4. The largest absolute Gasteiger partial charge is 0.337 e. The van der Waals surface area contributed by atoms with E-state index in [1.165, 1.54) is 5.56 Å². The lowest BCUT2D eigenvalue weighted by molar-refractivity contribution is 0.284. The quantitative estimate of drug-likeness (QED) is 0.899. The van der Waals surface area contributed by atoms with Crippen LogP contribution in [0.1, 0.15) is 38.1 Å². The van der Waals surface area contributed by atoms with Gasteiger partial charge < -0.3 is 10.3 Å². The molecule has 1 unspecified atom stereocenters. The zero-order valence-corrected chi connectivity index (χ0v) is 11.1. The van der Waals surface area contributed by atoms with Crippen molar-refractivity contribution in [1.29, 1.82) is 0 Å². The molecule has 2 N–H and O–H groups in total. The molecule has 0 amide bonds. The lowest BCUT2D eigenvalue weighted by atomic mass is 9.98. The third kappa shape index (κ3) is 2.59. The SMILES string of the molecule is CCCC(C)(N)c1nc(-c2ccc(C)cc2)no1. The van der Waals surface area contributed by atoms with Gasteiger partial charge in [0.05, 0.1) is 5.54 Å². The fraction of sp³-hybridized carbons (Fsp3) is 0.429. The average molecular weight is 245 g/mol. The van der Waals surface area contributed by atoms with Gasteiger partial charge in [0.1, 0.15) is 0 Å². The topological polar surface area (TPSA) is 64.9 Å². The van der Waals surface area contributed by atoms with Crippen LogP contribution in [0.25, 0.3) is 11.4 Å². The van der Waals surface area contributed by atoms with Crippen LogP contribution in [-0.2, 0) is 5.54 Å². The second kappa shape index (κ2) is 4.90. The van der Waals surface area contributed by atoms with Gasteiger partial charge in [0, 0.05) is 5.56 Å². The van der Waals surface area contributed by atoms with Gasteiger partial charge in [0.25, 0.3) is 0 Å². The van der Waals surface area contributed by atoms with Crippen LogP contribution in [0.5, 0.6) is 0 Å². The molecule has 0 saturated heterocycles. The first-order valence-corrected chi connectivity index (χ1v) is 6.23. The van der Waals surface area contributed by atoms with E-state index >= 15 is 0 Å². The monoisotopic (exact) mass is 245 g/mol. The Hall–Kier alpha value is -1.68. The molecular weight excluding hydrogens is 226 g/mol. The molecule has 0 fully saturated rings. The van der Waals surface area contributed by atoms with Gasteiger partial charge in [-0.1, -0.05) is 48.3 Å². The molecular formula is C14H19N3O. The molecule has 18 heavy (non-hydrogen) atoms. The number of hydrogen-bond donors (Lipinski definition) is 1. The van der Waals surface area contributed by atoms with Gasteiger partial charge in [0.15, 0.2) is 0 Å². The molecule has 0 spiro atoms. The van der Waals surface area contributed by atoms with E-state index in [0.29, 0.717) is 11.7 Å². The number of aryl methyl sites for hydroxylation is 1. The molecule has 1 aromatic carbocycles. The lowest BCUT2D eigenvalue weighted by Gasteiger charge is -2.18. The Morgan fingerprint density at radius 2 is 1.94 bits per heavy atom. The van der Waals surface area contributed by atoms with Gasteiger partial charge in [-0.25, -0.2) is 0 Å². The minimum Gasteiger partial charge on any atom is -0.337 e. The maximum absolute atomic E-state index is 6.17. The summed E-state index contributed by atoms with van der Waals surface area (Å²) in [4.78, 5) is 4.40. The summed E-state index contributed by atoms with van der Waals surface area (Å²) in [5.74, 6) is 1.10. The van der Waals surface area contributed by atoms with Gasteiger partial charge in [-0.3, -0.25) is 0 Å². The molecule has 0 aliphatic heterocycles. The van der Waals surface area contributed by atoms with Crippen molar-refractivity contribution >= 4 is 0 Å². The summed E-state index contributed by atoms with van der Waals surface area (Å²) < 4.78 is 5.28. The van der Waals surface area contributed by atoms with Crippen LogP contribution in [0.3, 0.4) is 0 Å². The number of nitrogens with zero attached hydrogens (tertiary/aromatic N) is 2. The number of rotatable bonds is 4. The van der Waals surface area contributed by atoms with Crippen molar-refractivity contribution in [2.45, 2.75) is 39.2 Å². The van der Waals surface area contributed by atoms with Crippen molar-refractivity contribution < 1.29 is 4.52 Å². The smallest absolute Gasteiger partial charge is 0.246 e. The van der Waals surface area contributed by atoms with Gasteiger partial charge in [-0.05, 0) is 20.3 Å². The summed E-state index contributed by atoms with van der Waals surface area (Å²) >= 11 is 0. The maximum Gasteiger partial charge on any atom is 0.246 e. The first-order chi connectivity index (χ1) is 8.53. The minimum atomic E-state index is -0.551. The fourth-order valence-electron chi connectivity index (χ4n) is 1.90. The Labute approximate surface area is 107 Å². The van der Waals surface area contributed by atoms with Gasteiger partial charge in [-0.2, -0.15) is 4.98 Å². The summed E-state index contributed by atoms with van der Waals surface area (Å²) in [5, 5.41) is 4.00. The normalized spacial score (nSPS) is 14.4. The highest BCUT2D eigenvalue weighted by atomic mass is 16.5. The first kappa shape index (κ1) is 12.8. The van der Waals surface area contributed by atoms with E-state index in [1.807, 2.05) is 38.1 Å². The van der Waals surface area contributed by atoms with Crippen molar-refractivity contribution in [1.82, 2.24) is 10.1 Å². The molecule has 4 heteroatoms. The Morgan fingerprint density at radius 1 is 1.28 bits per heavy atom. The van der Waals surface area contributed by atoms with Crippen molar-refractivity contribution in [2.24, 2.45) is 5.73 Å². The van der Waals surface area contributed by atoms with E-state index in [0.717, 1.165) is 18.4 Å². The molecule has 0 radical (unpaired) electrons. The summed E-state index contributed by atoms with van der Waals surface area (Å²) in [5.41, 5.74) is 7.77.